The summed E-state index contributed by atoms with van der Waals surface area (Å²) in [4.78, 5) is 22.6. The van der Waals surface area contributed by atoms with E-state index in [4.69, 9.17) is 0 Å². The van der Waals surface area contributed by atoms with Crippen molar-refractivity contribution in [3.05, 3.63) is 59.3 Å². The molecule has 2 N–H and O–H groups in total. The first-order chi connectivity index (χ1) is 15.1. The van der Waals surface area contributed by atoms with Crippen LogP contribution < -0.4 is 10.6 Å². The number of nitrogens with zero attached hydrogens (tertiary/aromatic N) is 5. The van der Waals surface area contributed by atoms with Gasteiger partial charge in [-0.3, -0.25) is 4.79 Å². The Labute approximate surface area is 183 Å². The van der Waals surface area contributed by atoms with Gasteiger partial charge in [0, 0.05) is 25.0 Å². The number of carbonyl (C=O) groups is 1. The van der Waals surface area contributed by atoms with Crippen molar-refractivity contribution in [2.75, 3.05) is 11.9 Å². The summed E-state index contributed by atoms with van der Waals surface area (Å²) in [5.74, 6) is -0.0939. The van der Waals surface area contributed by atoms with E-state index in [0.29, 0.717) is 5.69 Å². The third-order valence-corrected chi connectivity index (χ3v) is 5.11. The van der Waals surface area contributed by atoms with Crippen LogP contribution in [0.3, 0.4) is 0 Å². The van der Waals surface area contributed by atoms with Gasteiger partial charge in [0.05, 0.1) is 18.0 Å². The van der Waals surface area contributed by atoms with Crippen molar-refractivity contribution >= 4 is 11.7 Å². The van der Waals surface area contributed by atoms with Crippen molar-refractivity contribution in [3.8, 4) is 5.69 Å². The number of aryl methyl sites for hydroxylation is 1. The Morgan fingerprint density at radius 2 is 1.78 bits per heavy atom. The number of amides is 1. The Kier molecular flexibility index (Phi) is 6.75. The number of hydrogen-bond acceptors (Lipinski definition) is 6. The minimum Gasteiger partial charge on any atom is -0.368 e. The molecule has 8 nitrogen and oxygen atoms in total. The van der Waals surface area contributed by atoms with Crippen LogP contribution in [0.5, 0.6) is 0 Å². The molecule has 11 heteroatoms. The number of nitrogens with one attached hydrogen (secondary N) is 2. The van der Waals surface area contributed by atoms with E-state index in [1.807, 2.05) is 27.7 Å². The molecule has 0 aliphatic rings. The lowest BCUT2D eigenvalue weighted by Gasteiger charge is -2.24. The molecule has 3 heterocycles. The van der Waals surface area contributed by atoms with Crippen molar-refractivity contribution in [2.24, 2.45) is 5.92 Å². The fourth-order valence-electron chi connectivity index (χ4n) is 3.00. The highest BCUT2D eigenvalue weighted by Gasteiger charge is 2.30. The summed E-state index contributed by atoms with van der Waals surface area (Å²) in [5.41, 5.74) is 1.58. The van der Waals surface area contributed by atoms with Crippen molar-refractivity contribution in [2.45, 2.75) is 39.9 Å². The van der Waals surface area contributed by atoms with Gasteiger partial charge >= 0.3 is 6.18 Å². The molecule has 0 spiro atoms. The molecule has 3 aromatic rings. The topological polar surface area (TPSA) is 97.6 Å². The highest BCUT2D eigenvalue weighted by molar-refractivity contribution is 5.96. The van der Waals surface area contributed by atoms with Gasteiger partial charge in [-0.2, -0.15) is 23.4 Å². The monoisotopic (exact) mass is 447 g/mol. The van der Waals surface area contributed by atoms with Gasteiger partial charge in [-0.1, -0.05) is 13.8 Å². The van der Waals surface area contributed by atoms with E-state index in [1.165, 1.54) is 23.3 Å². The largest absolute Gasteiger partial charge is 0.417 e. The molecule has 170 valence electrons. The summed E-state index contributed by atoms with van der Waals surface area (Å²) in [6.45, 7) is 7.87. The van der Waals surface area contributed by atoms with Gasteiger partial charge in [-0.05, 0) is 43.0 Å². The van der Waals surface area contributed by atoms with Crippen LogP contribution in [-0.4, -0.2) is 43.5 Å². The van der Waals surface area contributed by atoms with Crippen molar-refractivity contribution in [1.82, 2.24) is 30.3 Å². The molecule has 3 rings (SSSR count). The first kappa shape index (κ1) is 23.2. The second-order valence-electron chi connectivity index (χ2n) is 7.72. The van der Waals surface area contributed by atoms with E-state index in [1.54, 1.807) is 6.20 Å². The average Bonchev–Trinajstić information content (AvgIpc) is 3.26. The molecule has 32 heavy (non-hydrogen) atoms. The molecule has 0 radical (unpaired) electrons. The van der Waals surface area contributed by atoms with Crippen LogP contribution in [0.2, 0.25) is 0 Å². The quantitative estimate of drug-likeness (QED) is 0.575. The fourth-order valence-corrected chi connectivity index (χ4v) is 3.00. The zero-order valence-corrected chi connectivity index (χ0v) is 18.1. The van der Waals surface area contributed by atoms with Crippen LogP contribution in [0.25, 0.3) is 5.69 Å². The van der Waals surface area contributed by atoms with Gasteiger partial charge in [0.1, 0.15) is 11.5 Å². The Bertz CT molecular complexity index is 1060. The van der Waals surface area contributed by atoms with Crippen LogP contribution >= 0.6 is 0 Å². The SMILES string of the molecule is Cc1cnc(C(=O)NC(CNc2ccc(C(F)(F)F)cn2)C(C)C)c(-n2nccn2)c1C. The van der Waals surface area contributed by atoms with E-state index in [2.05, 4.69) is 30.8 Å². The van der Waals surface area contributed by atoms with Gasteiger partial charge < -0.3 is 10.6 Å². The molecule has 0 fully saturated rings. The molecule has 1 amide bonds. The Hall–Kier alpha value is -3.50. The van der Waals surface area contributed by atoms with Crippen molar-refractivity contribution in [1.29, 1.82) is 0 Å². The van der Waals surface area contributed by atoms with Crippen LogP contribution in [0.1, 0.15) is 41.0 Å². The summed E-state index contributed by atoms with van der Waals surface area (Å²) < 4.78 is 38.1. The number of hydrogen-bond donors (Lipinski definition) is 2. The second-order valence-corrected chi connectivity index (χ2v) is 7.72. The number of rotatable bonds is 7. The molecule has 1 unspecified atom stereocenters. The molecular weight excluding hydrogens is 423 g/mol. The normalized spacial score (nSPS) is 12.6. The molecule has 0 saturated carbocycles. The van der Waals surface area contributed by atoms with E-state index >= 15 is 0 Å². The molecule has 3 aromatic heterocycles. The number of anilines is 1. The fraction of sp³-hybridized carbons (Fsp3) is 0.381. The smallest absolute Gasteiger partial charge is 0.368 e. The number of aromatic nitrogens is 5. The van der Waals surface area contributed by atoms with E-state index in [-0.39, 0.29) is 30.0 Å². The number of carbonyl (C=O) groups excluding carboxylic acids is 1. The number of halogens is 3. The summed E-state index contributed by atoms with van der Waals surface area (Å²) in [5, 5.41) is 14.2. The van der Waals surface area contributed by atoms with E-state index in [0.717, 1.165) is 23.4 Å². The maximum Gasteiger partial charge on any atom is 0.417 e. The van der Waals surface area contributed by atoms with Crippen molar-refractivity contribution in [3.63, 3.8) is 0 Å². The van der Waals surface area contributed by atoms with Gasteiger partial charge in [-0.25, -0.2) is 9.97 Å². The van der Waals surface area contributed by atoms with Gasteiger partial charge in [-0.15, -0.1) is 4.80 Å². The molecule has 0 aliphatic heterocycles. The number of pyridine rings is 2. The van der Waals surface area contributed by atoms with Gasteiger partial charge in [0.25, 0.3) is 5.91 Å². The Morgan fingerprint density at radius 3 is 2.34 bits per heavy atom. The maximum absolute atomic E-state index is 13.1. The van der Waals surface area contributed by atoms with Gasteiger partial charge in [0.15, 0.2) is 5.69 Å². The Balaban J connectivity index is 1.76. The summed E-state index contributed by atoms with van der Waals surface area (Å²) in [6.07, 6.45) is 0.975. The minimum absolute atomic E-state index is 0.0266. The Morgan fingerprint density at radius 1 is 1.09 bits per heavy atom. The predicted molar refractivity (Wildman–Crippen MR) is 112 cm³/mol. The lowest BCUT2D eigenvalue weighted by molar-refractivity contribution is -0.137. The molecule has 1 atom stereocenters. The molecule has 0 aliphatic carbocycles. The first-order valence-electron chi connectivity index (χ1n) is 9.98. The third kappa shape index (κ3) is 5.21. The summed E-state index contributed by atoms with van der Waals surface area (Å²) in [6, 6.07) is 1.88. The minimum atomic E-state index is -4.44. The predicted octanol–water partition coefficient (Wildman–Crippen LogP) is 3.56. The van der Waals surface area contributed by atoms with Crippen LogP contribution in [0.15, 0.2) is 36.9 Å². The third-order valence-electron chi connectivity index (χ3n) is 5.11. The molecular formula is C21H24F3N7O. The summed E-state index contributed by atoms with van der Waals surface area (Å²) in [7, 11) is 0. The van der Waals surface area contributed by atoms with Crippen molar-refractivity contribution < 1.29 is 18.0 Å². The molecule has 0 bridgehead atoms. The maximum atomic E-state index is 13.1. The first-order valence-corrected chi connectivity index (χ1v) is 9.98. The van der Waals surface area contributed by atoms with E-state index in [9.17, 15) is 18.0 Å². The zero-order valence-electron chi connectivity index (χ0n) is 18.1. The zero-order chi connectivity index (χ0) is 23.5. The summed E-state index contributed by atoms with van der Waals surface area (Å²) >= 11 is 0. The number of alkyl halides is 3. The van der Waals surface area contributed by atoms with Crippen LogP contribution in [0, 0.1) is 19.8 Å². The van der Waals surface area contributed by atoms with Crippen LogP contribution in [0.4, 0.5) is 19.0 Å². The highest BCUT2D eigenvalue weighted by Crippen LogP contribution is 2.28. The highest BCUT2D eigenvalue weighted by atomic mass is 19.4. The van der Waals surface area contributed by atoms with E-state index < -0.39 is 17.6 Å². The van der Waals surface area contributed by atoms with Crippen LogP contribution in [-0.2, 0) is 6.18 Å². The molecule has 0 saturated heterocycles. The molecule has 0 aromatic carbocycles. The standard InChI is InChI=1S/C21H24F3N7O/c1-12(2)16(11-26-17-6-5-15(10-25-17)21(22,23)24)30-20(32)18-19(31-28-7-8-29-31)14(4)13(3)9-27-18/h5-10,12,16H,11H2,1-4H3,(H,25,26)(H,30,32). The lowest BCUT2D eigenvalue weighted by Crippen LogP contribution is -2.44. The lowest BCUT2D eigenvalue weighted by atomic mass is 10.0. The second kappa shape index (κ2) is 9.33. The van der Waals surface area contributed by atoms with Gasteiger partial charge in [0.2, 0.25) is 0 Å². The average molecular weight is 447 g/mol.